The molecule has 0 atom stereocenters. The molecular weight excluding hydrogens is 256 g/mol. The van der Waals surface area contributed by atoms with E-state index in [9.17, 15) is 9.59 Å². The van der Waals surface area contributed by atoms with Gasteiger partial charge < -0.3 is 9.47 Å². The number of esters is 2. The Hall–Kier alpha value is -2.36. The van der Waals surface area contributed by atoms with Crippen LogP contribution in [0.25, 0.3) is 10.8 Å². The van der Waals surface area contributed by atoms with E-state index in [4.69, 9.17) is 9.47 Å². The van der Waals surface area contributed by atoms with Gasteiger partial charge in [-0.15, -0.1) is 0 Å². The zero-order valence-electron chi connectivity index (χ0n) is 11.9. The maximum absolute atomic E-state index is 12.1. The molecule has 0 aromatic heterocycles. The molecule has 0 unspecified atom stereocenters. The summed E-state index contributed by atoms with van der Waals surface area (Å²) in [6.45, 7) is 3.76. The molecule has 20 heavy (non-hydrogen) atoms. The lowest BCUT2D eigenvalue weighted by atomic mass is 9.92. The number of hydrogen-bond acceptors (Lipinski definition) is 4. The van der Waals surface area contributed by atoms with Crippen molar-refractivity contribution in [2.75, 3.05) is 14.2 Å². The second kappa shape index (κ2) is 5.33. The van der Waals surface area contributed by atoms with Gasteiger partial charge in [0.1, 0.15) is 0 Å². The molecule has 4 heteroatoms. The average Bonchev–Trinajstić information content (AvgIpc) is 2.46. The maximum Gasteiger partial charge on any atom is 0.338 e. The largest absolute Gasteiger partial charge is 0.465 e. The van der Waals surface area contributed by atoms with Crippen LogP contribution >= 0.6 is 0 Å². The van der Waals surface area contributed by atoms with Gasteiger partial charge in [0.2, 0.25) is 0 Å². The van der Waals surface area contributed by atoms with Crippen LogP contribution in [-0.4, -0.2) is 26.2 Å². The quantitative estimate of drug-likeness (QED) is 0.788. The highest BCUT2D eigenvalue weighted by Gasteiger charge is 2.21. The van der Waals surface area contributed by atoms with Gasteiger partial charge in [-0.2, -0.15) is 0 Å². The predicted molar refractivity (Wildman–Crippen MR) is 76.1 cm³/mol. The molecule has 0 radical (unpaired) electrons. The fourth-order valence-electron chi connectivity index (χ4n) is 2.33. The fourth-order valence-corrected chi connectivity index (χ4v) is 2.33. The molecule has 0 aliphatic carbocycles. The zero-order chi connectivity index (χ0) is 14.9. The summed E-state index contributed by atoms with van der Waals surface area (Å²) in [6.07, 6.45) is 0. The molecule has 0 aliphatic heterocycles. The van der Waals surface area contributed by atoms with E-state index in [-0.39, 0.29) is 0 Å². The molecule has 104 valence electrons. The monoisotopic (exact) mass is 272 g/mol. The van der Waals surface area contributed by atoms with Crippen molar-refractivity contribution in [3.63, 3.8) is 0 Å². The van der Waals surface area contributed by atoms with Gasteiger partial charge in [-0.05, 0) is 36.4 Å². The number of fused-ring (bicyclic) bond motifs is 1. The molecule has 2 aromatic rings. The molecule has 0 heterocycles. The highest BCUT2D eigenvalue weighted by molar-refractivity contribution is 6.14. The first-order valence-electron chi connectivity index (χ1n) is 6.20. The highest BCUT2D eigenvalue weighted by atomic mass is 16.5. The lowest BCUT2D eigenvalue weighted by molar-refractivity contribution is 0.0601. The van der Waals surface area contributed by atoms with Gasteiger partial charge in [-0.25, -0.2) is 9.59 Å². The summed E-state index contributed by atoms with van der Waals surface area (Å²) < 4.78 is 9.65. The Morgan fingerprint density at radius 3 is 2.25 bits per heavy atom. The van der Waals surface area contributed by atoms with Gasteiger partial charge in [0.05, 0.1) is 25.3 Å². The van der Waals surface area contributed by atoms with Crippen LogP contribution in [0.5, 0.6) is 0 Å². The summed E-state index contributed by atoms with van der Waals surface area (Å²) in [4.78, 5) is 24.0. The van der Waals surface area contributed by atoms with E-state index in [2.05, 4.69) is 0 Å². The summed E-state index contributed by atoms with van der Waals surface area (Å²) in [5.41, 5.74) is 2.57. The van der Waals surface area contributed by atoms with Gasteiger partial charge in [0.15, 0.2) is 0 Å². The summed E-state index contributed by atoms with van der Waals surface area (Å²) in [5, 5.41) is 1.39. The molecule has 0 fully saturated rings. The number of aryl methyl sites for hydroxylation is 1. The van der Waals surface area contributed by atoms with Crippen molar-refractivity contribution in [1.82, 2.24) is 0 Å². The number of hydrogen-bond donors (Lipinski definition) is 0. The molecule has 0 aliphatic rings. The van der Waals surface area contributed by atoms with E-state index < -0.39 is 11.9 Å². The van der Waals surface area contributed by atoms with E-state index >= 15 is 0 Å². The van der Waals surface area contributed by atoms with Crippen molar-refractivity contribution in [3.8, 4) is 0 Å². The van der Waals surface area contributed by atoms with Crippen LogP contribution in [-0.2, 0) is 9.47 Å². The van der Waals surface area contributed by atoms with Crippen LogP contribution in [0.15, 0.2) is 24.3 Å². The minimum absolute atomic E-state index is 0.369. The minimum Gasteiger partial charge on any atom is -0.465 e. The van der Waals surface area contributed by atoms with Gasteiger partial charge in [-0.3, -0.25) is 0 Å². The Morgan fingerprint density at radius 1 is 1.00 bits per heavy atom. The van der Waals surface area contributed by atoms with Crippen molar-refractivity contribution in [3.05, 3.63) is 46.5 Å². The summed E-state index contributed by atoms with van der Waals surface area (Å²) >= 11 is 0. The van der Waals surface area contributed by atoms with Crippen molar-refractivity contribution < 1.29 is 19.1 Å². The second-order valence-electron chi connectivity index (χ2n) is 4.58. The third-order valence-electron chi connectivity index (χ3n) is 3.48. The molecule has 0 saturated heterocycles. The van der Waals surface area contributed by atoms with Gasteiger partial charge in [0, 0.05) is 5.39 Å². The van der Waals surface area contributed by atoms with Crippen LogP contribution in [0.3, 0.4) is 0 Å². The Morgan fingerprint density at radius 2 is 1.65 bits per heavy atom. The van der Waals surface area contributed by atoms with E-state index in [1.807, 2.05) is 26.0 Å². The van der Waals surface area contributed by atoms with Crippen LogP contribution in [0.1, 0.15) is 31.8 Å². The number of carbonyl (C=O) groups is 2. The first-order valence-corrected chi connectivity index (χ1v) is 6.20. The molecular formula is C16H16O4. The minimum atomic E-state index is -0.469. The molecule has 0 saturated carbocycles. The summed E-state index contributed by atoms with van der Waals surface area (Å²) in [5.74, 6) is -0.920. The Balaban J connectivity index is 2.95. The Kier molecular flexibility index (Phi) is 3.74. The second-order valence-corrected chi connectivity index (χ2v) is 4.58. The van der Waals surface area contributed by atoms with E-state index in [0.717, 1.165) is 16.5 Å². The molecule has 0 amide bonds. The first-order chi connectivity index (χ1) is 9.51. The van der Waals surface area contributed by atoms with Crippen molar-refractivity contribution in [2.24, 2.45) is 0 Å². The normalized spacial score (nSPS) is 10.4. The molecule has 2 aromatic carbocycles. The highest BCUT2D eigenvalue weighted by Crippen LogP contribution is 2.29. The lowest BCUT2D eigenvalue weighted by Gasteiger charge is -2.14. The number of methoxy groups -OCH3 is 2. The van der Waals surface area contributed by atoms with Crippen LogP contribution < -0.4 is 0 Å². The standard InChI is InChI=1S/C16H16O4/c1-9-8-11-6-5-7-12(15(17)19-3)14(11)13(10(9)2)16(18)20-4/h5-8H,1-4H3. The average molecular weight is 272 g/mol. The number of benzene rings is 2. The Bertz CT molecular complexity index is 701. The van der Waals surface area contributed by atoms with E-state index in [1.165, 1.54) is 14.2 Å². The van der Waals surface area contributed by atoms with Crippen LogP contribution in [0.4, 0.5) is 0 Å². The maximum atomic E-state index is 12.1. The van der Waals surface area contributed by atoms with E-state index in [0.29, 0.717) is 16.5 Å². The van der Waals surface area contributed by atoms with E-state index in [1.54, 1.807) is 12.1 Å². The van der Waals surface area contributed by atoms with Crippen LogP contribution in [0.2, 0.25) is 0 Å². The first kappa shape index (κ1) is 14.1. The summed E-state index contributed by atoms with van der Waals surface area (Å²) in [6, 6.07) is 7.23. The molecule has 0 bridgehead atoms. The van der Waals surface area contributed by atoms with Crippen LogP contribution in [0, 0.1) is 13.8 Å². The molecule has 4 nitrogen and oxygen atoms in total. The fraction of sp³-hybridized carbons (Fsp3) is 0.250. The van der Waals surface area contributed by atoms with Gasteiger partial charge >= 0.3 is 11.9 Å². The SMILES string of the molecule is COC(=O)c1cccc2cc(C)c(C)c(C(=O)OC)c12. The summed E-state index contributed by atoms with van der Waals surface area (Å²) in [7, 11) is 2.65. The lowest BCUT2D eigenvalue weighted by Crippen LogP contribution is -2.10. The number of ether oxygens (including phenoxy) is 2. The Labute approximate surface area is 117 Å². The van der Waals surface area contributed by atoms with Gasteiger partial charge in [0.25, 0.3) is 0 Å². The number of carbonyl (C=O) groups excluding carboxylic acids is 2. The third kappa shape index (κ3) is 2.13. The molecule has 2 rings (SSSR count). The van der Waals surface area contributed by atoms with Crippen molar-refractivity contribution in [2.45, 2.75) is 13.8 Å². The third-order valence-corrected chi connectivity index (χ3v) is 3.48. The molecule has 0 N–H and O–H groups in total. The van der Waals surface area contributed by atoms with Gasteiger partial charge in [-0.1, -0.05) is 18.2 Å². The van der Waals surface area contributed by atoms with Crippen molar-refractivity contribution >= 4 is 22.7 Å². The number of rotatable bonds is 2. The topological polar surface area (TPSA) is 52.6 Å². The predicted octanol–water partition coefficient (Wildman–Crippen LogP) is 3.03. The van der Waals surface area contributed by atoms with Crippen molar-refractivity contribution in [1.29, 1.82) is 0 Å². The smallest absolute Gasteiger partial charge is 0.338 e. The molecule has 0 spiro atoms. The zero-order valence-corrected chi connectivity index (χ0v) is 11.9.